The number of ether oxygens (including phenoxy) is 1. The predicted octanol–water partition coefficient (Wildman–Crippen LogP) is 0.422. The van der Waals surface area contributed by atoms with E-state index in [0.29, 0.717) is 18.0 Å². The Morgan fingerprint density at radius 2 is 2.00 bits per heavy atom. The van der Waals surface area contributed by atoms with Gasteiger partial charge in [-0.3, -0.25) is 9.59 Å². The van der Waals surface area contributed by atoms with Crippen molar-refractivity contribution >= 4 is 33.2 Å². The summed E-state index contributed by atoms with van der Waals surface area (Å²) in [6.07, 6.45) is -0.314. The minimum absolute atomic E-state index is 0.0134. The van der Waals surface area contributed by atoms with Crippen LogP contribution in [-0.2, 0) is 19.6 Å². The Labute approximate surface area is 158 Å². The lowest BCUT2D eigenvalue weighted by molar-refractivity contribution is -0.122. The Kier molecular flexibility index (Phi) is 7.16. The van der Waals surface area contributed by atoms with Crippen molar-refractivity contribution in [2.75, 3.05) is 25.4 Å². The largest absolute Gasteiger partial charge is 0.373 e. The average Bonchev–Trinajstić information content (AvgIpc) is 3.08. The third kappa shape index (κ3) is 5.76. The molecule has 1 aliphatic heterocycles. The molecule has 2 amide bonds. The zero-order valence-corrected chi connectivity index (χ0v) is 16.7. The Bertz CT molecular complexity index is 710. The van der Waals surface area contributed by atoms with Crippen LogP contribution in [0.4, 0.5) is 0 Å². The fraction of sp³-hybridized carbons (Fsp3) is 0.625. The molecule has 2 heterocycles. The highest BCUT2D eigenvalue weighted by Crippen LogP contribution is 2.14. The highest BCUT2D eigenvalue weighted by Gasteiger charge is 2.30. The third-order valence-electron chi connectivity index (χ3n) is 3.92. The maximum Gasteiger partial charge on any atom is 0.261 e. The first-order valence-corrected chi connectivity index (χ1v) is 10.9. The second-order valence-electron chi connectivity index (χ2n) is 6.35. The smallest absolute Gasteiger partial charge is 0.261 e. The maximum absolute atomic E-state index is 12.4. The van der Waals surface area contributed by atoms with Crippen LogP contribution < -0.4 is 10.6 Å². The number of hydrogen-bond donors (Lipinski definition) is 2. The molecule has 1 aromatic heterocycles. The van der Waals surface area contributed by atoms with E-state index in [9.17, 15) is 18.0 Å². The van der Waals surface area contributed by atoms with Gasteiger partial charge in [0.25, 0.3) is 5.91 Å². The van der Waals surface area contributed by atoms with E-state index in [4.69, 9.17) is 4.74 Å². The van der Waals surface area contributed by atoms with Gasteiger partial charge < -0.3 is 15.4 Å². The minimum atomic E-state index is -3.48. The highest BCUT2D eigenvalue weighted by atomic mass is 32.2. The van der Waals surface area contributed by atoms with E-state index in [1.54, 1.807) is 24.4 Å². The van der Waals surface area contributed by atoms with Crippen LogP contribution in [0.5, 0.6) is 0 Å². The van der Waals surface area contributed by atoms with Gasteiger partial charge >= 0.3 is 0 Å². The Morgan fingerprint density at radius 1 is 1.35 bits per heavy atom. The lowest BCUT2D eigenvalue weighted by Crippen LogP contribution is -2.50. The normalized spacial score (nSPS) is 22.6. The van der Waals surface area contributed by atoms with Gasteiger partial charge in [0.2, 0.25) is 15.9 Å². The second kappa shape index (κ2) is 8.94. The van der Waals surface area contributed by atoms with Crippen molar-refractivity contribution in [3.8, 4) is 0 Å². The number of nitrogens with one attached hydrogen (secondary N) is 2. The van der Waals surface area contributed by atoms with Gasteiger partial charge in [-0.15, -0.1) is 11.3 Å². The second-order valence-corrected chi connectivity index (χ2v) is 9.39. The van der Waals surface area contributed by atoms with Gasteiger partial charge in [0.15, 0.2) is 0 Å². The molecule has 0 radical (unpaired) electrons. The van der Waals surface area contributed by atoms with Gasteiger partial charge in [0, 0.05) is 19.6 Å². The van der Waals surface area contributed by atoms with Gasteiger partial charge in [-0.2, -0.15) is 4.31 Å². The van der Waals surface area contributed by atoms with Crippen molar-refractivity contribution in [1.29, 1.82) is 0 Å². The zero-order valence-electron chi connectivity index (χ0n) is 15.1. The average molecular weight is 404 g/mol. The lowest BCUT2D eigenvalue weighted by atomic mass is 10.3. The van der Waals surface area contributed by atoms with Crippen LogP contribution in [0.2, 0.25) is 0 Å². The van der Waals surface area contributed by atoms with Gasteiger partial charge in [-0.05, 0) is 32.2 Å². The van der Waals surface area contributed by atoms with E-state index in [2.05, 4.69) is 10.6 Å². The van der Waals surface area contributed by atoms with E-state index in [1.807, 2.05) is 13.8 Å². The molecule has 1 fully saturated rings. The molecule has 10 heteroatoms. The van der Waals surface area contributed by atoms with Gasteiger partial charge in [-0.1, -0.05) is 6.07 Å². The summed E-state index contributed by atoms with van der Waals surface area (Å²) in [5.41, 5.74) is 0. The molecule has 8 nitrogen and oxygen atoms in total. The van der Waals surface area contributed by atoms with Crippen LogP contribution in [0.15, 0.2) is 17.5 Å². The maximum atomic E-state index is 12.4. The van der Waals surface area contributed by atoms with E-state index in [-0.39, 0.29) is 30.4 Å². The van der Waals surface area contributed by atoms with Crippen molar-refractivity contribution < 1.29 is 22.7 Å². The Hall–Kier alpha value is -1.49. The van der Waals surface area contributed by atoms with Crippen LogP contribution in [0, 0.1) is 0 Å². The monoisotopic (exact) mass is 403 g/mol. The van der Waals surface area contributed by atoms with Crippen LogP contribution in [0.1, 0.15) is 30.4 Å². The quantitative estimate of drug-likeness (QED) is 0.687. The van der Waals surface area contributed by atoms with Crippen LogP contribution in [-0.4, -0.2) is 68.2 Å². The summed E-state index contributed by atoms with van der Waals surface area (Å²) in [6, 6.07) is 2.67. The number of thiophene rings is 1. The van der Waals surface area contributed by atoms with E-state index in [0.717, 1.165) is 0 Å². The molecule has 1 aromatic rings. The first kappa shape index (κ1) is 20.8. The molecule has 0 saturated carbocycles. The van der Waals surface area contributed by atoms with Gasteiger partial charge in [-0.25, -0.2) is 8.42 Å². The molecular formula is C16H25N3O5S2. The van der Waals surface area contributed by atoms with E-state index < -0.39 is 22.0 Å². The third-order valence-corrected chi connectivity index (χ3v) is 6.60. The summed E-state index contributed by atoms with van der Waals surface area (Å²) in [6.45, 7) is 5.83. The molecule has 2 rings (SSSR count). The van der Waals surface area contributed by atoms with Crippen LogP contribution in [0.3, 0.4) is 0 Å². The summed E-state index contributed by atoms with van der Waals surface area (Å²) >= 11 is 1.28. The summed E-state index contributed by atoms with van der Waals surface area (Å²) in [5, 5.41) is 6.93. The molecule has 0 aliphatic carbocycles. The molecule has 26 heavy (non-hydrogen) atoms. The molecule has 3 atom stereocenters. The molecule has 0 spiro atoms. The SMILES string of the molecule is CC1CN(S(=O)(=O)CCNC(=O)C(C)NC(=O)c2cccs2)CC(C)O1. The van der Waals surface area contributed by atoms with Crippen LogP contribution >= 0.6 is 11.3 Å². The molecule has 1 aliphatic rings. The predicted molar refractivity (Wildman–Crippen MR) is 99.6 cm³/mol. The fourth-order valence-electron chi connectivity index (χ4n) is 2.68. The molecule has 0 bridgehead atoms. The molecular weight excluding hydrogens is 378 g/mol. The number of rotatable bonds is 7. The molecule has 0 aromatic carbocycles. The summed E-state index contributed by atoms with van der Waals surface area (Å²) in [4.78, 5) is 24.5. The summed E-state index contributed by atoms with van der Waals surface area (Å²) < 4.78 is 31.8. The Morgan fingerprint density at radius 3 is 2.58 bits per heavy atom. The number of carbonyl (C=O) groups is 2. The van der Waals surface area contributed by atoms with Crippen molar-refractivity contribution in [3.05, 3.63) is 22.4 Å². The first-order valence-electron chi connectivity index (χ1n) is 8.44. The van der Waals surface area contributed by atoms with Crippen molar-refractivity contribution in [2.24, 2.45) is 0 Å². The first-order chi connectivity index (χ1) is 12.2. The van der Waals surface area contributed by atoms with Gasteiger partial charge in [0.1, 0.15) is 6.04 Å². The minimum Gasteiger partial charge on any atom is -0.373 e. The number of nitrogens with zero attached hydrogens (tertiary/aromatic N) is 1. The molecule has 1 saturated heterocycles. The fourth-order valence-corrected chi connectivity index (χ4v) is 4.80. The standard InChI is InChI=1S/C16H25N3O5S2/c1-11-9-19(10-12(2)24-11)26(22,23)8-6-17-15(20)13(3)18-16(21)14-5-4-7-25-14/h4-5,7,11-13H,6,8-10H2,1-3H3,(H,17,20)(H,18,21). The lowest BCUT2D eigenvalue weighted by Gasteiger charge is -2.34. The topological polar surface area (TPSA) is 105 Å². The highest BCUT2D eigenvalue weighted by molar-refractivity contribution is 7.89. The summed E-state index contributed by atoms with van der Waals surface area (Å²) in [5.74, 6) is -0.940. The molecule has 146 valence electrons. The molecule has 2 N–H and O–H groups in total. The number of hydrogen-bond acceptors (Lipinski definition) is 6. The number of morpholine rings is 1. The number of amides is 2. The van der Waals surface area contributed by atoms with Crippen molar-refractivity contribution in [3.63, 3.8) is 0 Å². The van der Waals surface area contributed by atoms with E-state index in [1.165, 1.54) is 15.6 Å². The summed E-state index contributed by atoms with van der Waals surface area (Å²) in [7, 11) is -3.48. The Balaban J connectivity index is 1.78. The van der Waals surface area contributed by atoms with E-state index >= 15 is 0 Å². The number of sulfonamides is 1. The van der Waals surface area contributed by atoms with Crippen molar-refractivity contribution in [2.45, 2.75) is 39.0 Å². The molecule has 3 unspecified atom stereocenters. The van der Waals surface area contributed by atoms with Crippen LogP contribution in [0.25, 0.3) is 0 Å². The zero-order chi connectivity index (χ0) is 19.3. The van der Waals surface area contributed by atoms with Crippen molar-refractivity contribution in [1.82, 2.24) is 14.9 Å². The number of carbonyl (C=O) groups excluding carboxylic acids is 2. The van der Waals surface area contributed by atoms with Gasteiger partial charge in [0.05, 0.1) is 22.8 Å².